The van der Waals surface area contributed by atoms with Crippen LogP contribution < -0.4 is 5.73 Å². The highest BCUT2D eigenvalue weighted by atomic mass is 32.1. The minimum Gasteiger partial charge on any atom is -0.368 e. The van der Waals surface area contributed by atoms with Crippen molar-refractivity contribution in [2.45, 2.75) is 38.1 Å². The molecule has 1 saturated carbocycles. The van der Waals surface area contributed by atoms with Crippen molar-refractivity contribution in [3.8, 4) is 0 Å². The van der Waals surface area contributed by atoms with Crippen LogP contribution in [0.1, 0.15) is 32.1 Å². The van der Waals surface area contributed by atoms with Crippen LogP contribution in [0.4, 0.5) is 0 Å². The molecule has 0 unspecified atom stereocenters. The van der Waals surface area contributed by atoms with Crippen LogP contribution in [0.2, 0.25) is 0 Å². The number of thiol groups is 1. The van der Waals surface area contributed by atoms with Gasteiger partial charge in [0.05, 0.1) is 5.41 Å². The van der Waals surface area contributed by atoms with Gasteiger partial charge in [-0.2, -0.15) is 12.6 Å². The van der Waals surface area contributed by atoms with Crippen LogP contribution in [-0.4, -0.2) is 35.1 Å². The molecule has 2 rings (SSSR count). The molecule has 0 bridgehead atoms. The molecule has 0 aromatic carbocycles. The smallest absolute Gasteiger partial charge is 0.241 e. The van der Waals surface area contributed by atoms with E-state index >= 15 is 0 Å². The Balaban J connectivity index is 2.03. The Morgan fingerprint density at radius 3 is 2.50 bits per heavy atom. The van der Waals surface area contributed by atoms with E-state index in [2.05, 4.69) is 12.6 Å². The molecular weight excluding hydrogens is 224 g/mol. The summed E-state index contributed by atoms with van der Waals surface area (Å²) in [5.41, 5.74) is 5.10. The van der Waals surface area contributed by atoms with Crippen LogP contribution in [0.3, 0.4) is 0 Å². The average Bonchev–Trinajstić information content (AvgIpc) is 2.29. The highest BCUT2D eigenvalue weighted by molar-refractivity contribution is 7.80. The normalized spacial score (nSPS) is 25.3. The molecule has 1 spiro atoms. The number of rotatable bonds is 3. The molecule has 0 aromatic rings. The first-order valence-electron chi connectivity index (χ1n) is 5.82. The van der Waals surface area contributed by atoms with Crippen molar-refractivity contribution in [3.05, 3.63) is 0 Å². The van der Waals surface area contributed by atoms with Crippen molar-refractivity contribution in [1.29, 1.82) is 0 Å². The zero-order chi connectivity index (χ0) is 11.8. The fourth-order valence-electron chi connectivity index (χ4n) is 2.87. The Morgan fingerprint density at radius 2 is 2.06 bits per heavy atom. The predicted octanol–water partition coefficient (Wildman–Crippen LogP) is 0.563. The minimum atomic E-state index is -0.525. The third kappa shape index (κ3) is 1.71. The third-order valence-corrected chi connectivity index (χ3v) is 4.22. The van der Waals surface area contributed by atoms with Gasteiger partial charge in [0, 0.05) is 12.3 Å². The van der Waals surface area contributed by atoms with Gasteiger partial charge in [-0.15, -0.1) is 0 Å². The summed E-state index contributed by atoms with van der Waals surface area (Å²) in [7, 11) is 0. The van der Waals surface area contributed by atoms with Crippen LogP contribution in [0.25, 0.3) is 0 Å². The standard InChI is InChI=1S/C11H18N2O2S/c12-9(14)8(6-16)13-7-11(10(13)15)4-2-1-3-5-11/h8,16H,1-7H2,(H2,12,14)/t8-/m0/s1. The molecular formula is C11H18N2O2S. The molecule has 1 heterocycles. The van der Waals surface area contributed by atoms with E-state index in [0.29, 0.717) is 12.3 Å². The number of nitrogens with two attached hydrogens (primary N) is 1. The molecule has 2 N–H and O–H groups in total. The van der Waals surface area contributed by atoms with Crippen LogP contribution >= 0.6 is 12.6 Å². The number of primary amides is 1. The minimum absolute atomic E-state index is 0.116. The number of carbonyl (C=O) groups is 2. The monoisotopic (exact) mass is 242 g/mol. The summed E-state index contributed by atoms with van der Waals surface area (Å²) >= 11 is 4.08. The Bertz CT molecular complexity index is 313. The van der Waals surface area contributed by atoms with Gasteiger partial charge in [0.15, 0.2) is 0 Å². The highest BCUT2D eigenvalue weighted by Crippen LogP contribution is 2.45. The van der Waals surface area contributed by atoms with Crippen molar-refractivity contribution in [2.75, 3.05) is 12.3 Å². The maximum absolute atomic E-state index is 12.1. The molecule has 16 heavy (non-hydrogen) atoms. The molecule has 0 radical (unpaired) electrons. The first kappa shape index (κ1) is 11.8. The van der Waals surface area contributed by atoms with Gasteiger partial charge in [0.2, 0.25) is 11.8 Å². The number of amides is 2. The fourth-order valence-corrected chi connectivity index (χ4v) is 3.25. The SMILES string of the molecule is NC(=O)[C@H](CS)N1CC2(CCCCC2)C1=O. The van der Waals surface area contributed by atoms with Gasteiger partial charge >= 0.3 is 0 Å². The van der Waals surface area contributed by atoms with E-state index in [1.807, 2.05) is 0 Å². The summed E-state index contributed by atoms with van der Waals surface area (Å²) in [6.45, 7) is 0.694. The summed E-state index contributed by atoms with van der Waals surface area (Å²) < 4.78 is 0. The van der Waals surface area contributed by atoms with E-state index in [-0.39, 0.29) is 11.3 Å². The number of carbonyl (C=O) groups excluding carboxylic acids is 2. The molecule has 1 atom stereocenters. The zero-order valence-electron chi connectivity index (χ0n) is 9.32. The first-order chi connectivity index (χ1) is 7.60. The summed E-state index contributed by atoms with van der Waals surface area (Å²) in [5, 5.41) is 0. The molecule has 0 aromatic heterocycles. The van der Waals surface area contributed by atoms with Crippen LogP contribution in [0.15, 0.2) is 0 Å². The lowest BCUT2D eigenvalue weighted by atomic mass is 9.67. The van der Waals surface area contributed by atoms with Gasteiger partial charge in [0.1, 0.15) is 6.04 Å². The number of hydrogen-bond acceptors (Lipinski definition) is 3. The van der Waals surface area contributed by atoms with Crippen LogP contribution in [0.5, 0.6) is 0 Å². The largest absolute Gasteiger partial charge is 0.368 e. The quantitative estimate of drug-likeness (QED) is 0.561. The average molecular weight is 242 g/mol. The van der Waals surface area contributed by atoms with E-state index in [1.54, 1.807) is 4.90 Å². The van der Waals surface area contributed by atoms with Crippen molar-refractivity contribution < 1.29 is 9.59 Å². The van der Waals surface area contributed by atoms with E-state index in [9.17, 15) is 9.59 Å². The molecule has 2 fully saturated rings. The van der Waals surface area contributed by atoms with E-state index in [0.717, 1.165) is 25.7 Å². The van der Waals surface area contributed by atoms with Crippen molar-refractivity contribution in [3.63, 3.8) is 0 Å². The second-order valence-corrected chi connectivity index (χ2v) is 5.24. The topological polar surface area (TPSA) is 63.4 Å². The van der Waals surface area contributed by atoms with Gasteiger partial charge < -0.3 is 10.6 Å². The third-order valence-electron chi connectivity index (χ3n) is 3.88. The summed E-state index contributed by atoms with van der Waals surface area (Å²) in [6.07, 6.45) is 5.42. The highest BCUT2D eigenvalue weighted by Gasteiger charge is 2.54. The first-order valence-corrected chi connectivity index (χ1v) is 6.45. The van der Waals surface area contributed by atoms with Gasteiger partial charge in [-0.1, -0.05) is 19.3 Å². The van der Waals surface area contributed by atoms with Crippen LogP contribution in [-0.2, 0) is 9.59 Å². The Labute approximate surface area is 101 Å². The Morgan fingerprint density at radius 1 is 1.44 bits per heavy atom. The Kier molecular flexibility index (Phi) is 3.15. The lowest BCUT2D eigenvalue weighted by Crippen LogP contribution is -2.67. The number of nitrogens with zero attached hydrogens (tertiary/aromatic N) is 1. The molecule has 2 amide bonds. The van der Waals surface area contributed by atoms with Gasteiger partial charge in [-0.05, 0) is 12.8 Å². The molecule has 4 nitrogen and oxygen atoms in total. The van der Waals surface area contributed by atoms with Gasteiger partial charge in [0.25, 0.3) is 0 Å². The van der Waals surface area contributed by atoms with E-state index in [1.165, 1.54) is 6.42 Å². The fraction of sp³-hybridized carbons (Fsp3) is 0.818. The van der Waals surface area contributed by atoms with Crippen molar-refractivity contribution >= 4 is 24.4 Å². The molecule has 90 valence electrons. The zero-order valence-corrected chi connectivity index (χ0v) is 10.2. The molecule has 1 saturated heterocycles. The predicted molar refractivity (Wildman–Crippen MR) is 64.1 cm³/mol. The number of β-lactam (4-membered cyclic amide) rings is 1. The molecule has 1 aliphatic heterocycles. The summed E-state index contributed by atoms with van der Waals surface area (Å²) in [5.74, 6) is -0.0176. The molecule has 2 aliphatic rings. The van der Waals surface area contributed by atoms with Crippen LogP contribution in [0, 0.1) is 5.41 Å². The summed E-state index contributed by atoms with van der Waals surface area (Å²) in [6, 6.07) is -0.525. The lowest BCUT2D eigenvalue weighted by Gasteiger charge is -2.52. The van der Waals surface area contributed by atoms with E-state index < -0.39 is 11.9 Å². The molecule has 1 aliphatic carbocycles. The van der Waals surface area contributed by atoms with Crippen molar-refractivity contribution in [1.82, 2.24) is 4.90 Å². The number of likely N-dealkylation sites (tertiary alicyclic amines) is 1. The number of hydrogen-bond donors (Lipinski definition) is 2. The van der Waals surface area contributed by atoms with Gasteiger partial charge in [-0.25, -0.2) is 0 Å². The van der Waals surface area contributed by atoms with Gasteiger partial charge in [-0.3, -0.25) is 9.59 Å². The lowest BCUT2D eigenvalue weighted by molar-refractivity contribution is -0.169. The Hall–Kier alpha value is -0.710. The second kappa shape index (κ2) is 4.28. The maximum Gasteiger partial charge on any atom is 0.241 e. The van der Waals surface area contributed by atoms with E-state index in [4.69, 9.17) is 5.73 Å². The second-order valence-electron chi connectivity index (χ2n) is 4.87. The van der Waals surface area contributed by atoms with Crippen molar-refractivity contribution in [2.24, 2.45) is 11.1 Å². The maximum atomic E-state index is 12.1. The summed E-state index contributed by atoms with van der Waals surface area (Å²) in [4.78, 5) is 24.9. The molecule has 5 heteroatoms.